The van der Waals surface area contributed by atoms with Gasteiger partial charge < -0.3 is 19.6 Å². The molecule has 4 nitrogen and oxygen atoms in total. The molecule has 0 aliphatic carbocycles. The molecule has 0 spiro atoms. The van der Waals surface area contributed by atoms with Crippen molar-refractivity contribution in [3.8, 4) is 0 Å². The number of piperazine rings is 1. The average Bonchev–Trinajstić information content (AvgIpc) is 2.59. The Kier molecular flexibility index (Phi) is 6.75. The van der Waals surface area contributed by atoms with E-state index in [1.807, 2.05) is 0 Å². The minimum Gasteiger partial charge on any atom is -0.304 e. The highest BCUT2D eigenvalue weighted by molar-refractivity contribution is 4.80. The van der Waals surface area contributed by atoms with E-state index in [1.54, 1.807) is 0 Å². The average molecular weight is 323 g/mol. The van der Waals surface area contributed by atoms with E-state index < -0.39 is 0 Å². The minimum atomic E-state index is 0.955. The first-order valence-electron chi connectivity index (χ1n) is 10.1. The Labute approximate surface area is 143 Å². The maximum absolute atomic E-state index is 2.77. The predicted octanol–water partition coefficient (Wildman–Crippen LogP) is 1.68. The molecular weight excluding hydrogens is 284 g/mol. The van der Waals surface area contributed by atoms with Crippen LogP contribution < -0.4 is 0 Å². The van der Waals surface area contributed by atoms with Crippen LogP contribution in [0.4, 0.5) is 0 Å². The fourth-order valence-corrected chi connectivity index (χ4v) is 4.60. The van der Waals surface area contributed by atoms with Crippen LogP contribution in [0.15, 0.2) is 0 Å². The van der Waals surface area contributed by atoms with E-state index >= 15 is 0 Å². The normalized spacial score (nSPS) is 28.4. The summed E-state index contributed by atoms with van der Waals surface area (Å²) in [6.07, 6.45) is 5.71. The van der Waals surface area contributed by atoms with E-state index in [-0.39, 0.29) is 0 Å². The summed E-state index contributed by atoms with van der Waals surface area (Å²) in [4.78, 5) is 10.6. The molecule has 3 saturated heterocycles. The van der Waals surface area contributed by atoms with Gasteiger partial charge in [0.05, 0.1) is 0 Å². The molecule has 3 rings (SSSR count). The number of hydrogen-bond donors (Lipinski definition) is 0. The van der Waals surface area contributed by atoms with Crippen LogP contribution in [0.3, 0.4) is 0 Å². The molecule has 4 heteroatoms. The zero-order valence-electron chi connectivity index (χ0n) is 15.6. The van der Waals surface area contributed by atoms with Gasteiger partial charge in [-0.2, -0.15) is 0 Å². The van der Waals surface area contributed by atoms with Crippen LogP contribution in [0.1, 0.15) is 32.6 Å². The Morgan fingerprint density at radius 1 is 0.609 bits per heavy atom. The van der Waals surface area contributed by atoms with Crippen LogP contribution in [0.2, 0.25) is 0 Å². The Hall–Kier alpha value is -0.160. The van der Waals surface area contributed by atoms with Gasteiger partial charge in [-0.3, -0.25) is 0 Å². The van der Waals surface area contributed by atoms with Crippen molar-refractivity contribution in [2.45, 2.75) is 32.6 Å². The summed E-state index contributed by atoms with van der Waals surface area (Å²) in [5.41, 5.74) is 0. The summed E-state index contributed by atoms with van der Waals surface area (Å²) in [5, 5.41) is 0. The van der Waals surface area contributed by atoms with E-state index in [0.717, 1.165) is 11.8 Å². The SMILES string of the molecule is CCN1CCC(CN2CCC(CN3CCN(C)CC3)CC2)CC1. The summed E-state index contributed by atoms with van der Waals surface area (Å²) in [6.45, 7) is 16.7. The Bertz CT molecular complexity index is 324. The third-order valence-electron chi connectivity index (χ3n) is 6.49. The molecule has 0 aromatic rings. The van der Waals surface area contributed by atoms with E-state index in [9.17, 15) is 0 Å². The summed E-state index contributed by atoms with van der Waals surface area (Å²) >= 11 is 0. The summed E-state index contributed by atoms with van der Waals surface area (Å²) in [5.74, 6) is 1.92. The second-order valence-corrected chi connectivity index (χ2v) is 8.23. The van der Waals surface area contributed by atoms with Crippen molar-refractivity contribution < 1.29 is 0 Å². The van der Waals surface area contributed by atoms with E-state index in [2.05, 4.69) is 33.6 Å². The van der Waals surface area contributed by atoms with Crippen LogP contribution in [0, 0.1) is 11.8 Å². The topological polar surface area (TPSA) is 13.0 Å². The van der Waals surface area contributed by atoms with Gasteiger partial charge in [0.1, 0.15) is 0 Å². The third kappa shape index (κ3) is 5.42. The Morgan fingerprint density at radius 3 is 1.52 bits per heavy atom. The van der Waals surface area contributed by atoms with Crippen LogP contribution in [0.5, 0.6) is 0 Å². The highest BCUT2D eigenvalue weighted by Crippen LogP contribution is 2.23. The second kappa shape index (κ2) is 8.80. The molecule has 0 amide bonds. The number of piperidine rings is 2. The molecule has 3 heterocycles. The molecule has 0 aromatic carbocycles. The van der Waals surface area contributed by atoms with Crippen molar-refractivity contribution in [2.75, 3.05) is 79.0 Å². The number of likely N-dealkylation sites (N-methyl/N-ethyl adjacent to an activating group) is 1. The van der Waals surface area contributed by atoms with E-state index in [0.29, 0.717) is 0 Å². The molecule has 0 radical (unpaired) electrons. The molecule has 134 valence electrons. The van der Waals surface area contributed by atoms with Crippen molar-refractivity contribution in [1.29, 1.82) is 0 Å². The fourth-order valence-electron chi connectivity index (χ4n) is 4.60. The largest absolute Gasteiger partial charge is 0.304 e. The van der Waals surface area contributed by atoms with E-state index in [4.69, 9.17) is 0 Å². The quantitative estimate of drug-likeness (QED) is 0.763. The van der Waals surface area contributed by atoms with Crippen LogP contribution in [0.25, 0.3) is 0 Å². The zero-order valence-corrected chi connectivity index (χ0v) is 15.6. The Morgan fingerprint density at radius 2 is 1.04 bits per heavy atom. The molecule has 3 aliphatic rings. The minimum absolute atomic E-state index is 0.955. The summed E-state index contributed by atoms with van der Waals surface area (Å²) in [7, 11) is 2.25. The number of rotatable bonds is 5. The van der Waals surface area contributed by atoms with Gasteiger partial charge in [-0.1, -0.05) is 6.92 Å². The molecule has 0 saturated carbocycles. The smallest absolute Gasteiger partial charge is 0.0110 e. The van der Waals surface area contributed by atoms with Crippen molar-refractivity contribution in [1.82, 2.24) is 19.6 Å². The lowest BCUT2D eigenvalue weighted by Crippen LogP contribution is -2.48. The first-order valence-corrected chi connectivity index (χ1v) is 10.1. The van der Waals surface area contributed by atoms with Gasteiger partial charge in [0, 0.05) is 39.3 Å². The molecular formula is C19H38N4. The van der Waals surface area contributed by atoms with Crippen molar-refractivity contribution in [3.05, 3.63) is 0 Å². The maximum Gasteiger partial charge on any atom is 0.0110 e. The van der Waals surface area contributed by atoms with Crippen molar-refractivity contribution in [2.24, 2.45) is 11.8 Å². The second-order valence-electron chi connectivity index (χ2n) is 8.23. The molecule has 3 aliphatic heterocycles. The highest BCUT2D eigenvalue weighted by atomic mass is 15.2. The van der Waals surface area contributed by atoms with Gasteiger partial charge in [-0.05, 0) is 77.3 Å². The van der Waals surface area contributed by atoms with Crippen LogP contribution in [-0.4, -0.2) is 98.6 Å². The van der Waals surface area contributed by atoms with Crippen molar-refractivity contribution in [3.63, 3.8) is 0 Å². The first kappa shape index (κ1) is 17.7. The van der Waals surface area contributed by atoms with Gasteiger partial charge in [-0.25, -0.2) is 0 Å². The fraction of sp³-hybridized carbons (Fsp3) is 1.00. The summed E-state index contributed by atoms with van der Waals surface area (Å²) < 4.78 is 0. The molecule has 0 atom stereocenters. The van der Waals surface area contributed by atoms with E-state index in [1.165, 1.54) is 97.7 Å². The van der Waals surface area contributed by atoms with Gasteiger partial charge >= 0.3 is 0 Å². The monoisotopic (exact) mass is 322 g/mol. The lowest BCUT2D eigenvalue weighted by Gasteiger charge is -2.39. The maximum atomic E-state index is 2.77. The number of nitrogens with zero attached hydrogens (tertiary/aromatic N) is 4. The van der Waals surface area contributed by atoms with Gasteiger partial charge in [-0.15, -0.1) is 0 Å². The lowest BCUT2D eigenvalue weighted by molar-refractivity contribution is 0.0901. The lowest BCUT2D eigenvalue weighted by atomic mass is 9.92. The standard InChI is InChI=1S/C19H38N4/c1-3-21-8-4-18(5-9-21)16-22-10-6-19(7-11-22)17-23-14-12-20(2)13-15-23/h18-19H,3-17H2,1-2H3. The van der Waals surface area contributed by atoms with Gasteiger partial charge in [0.15, 0.2) is 0 Å². The third-order valence-corrected chi connectivity index (χ3v) is 6.49. The molecule has 0 bridgehead atoms. The summed E-state index contributed by atoms with van der Waals surface area (Å²) in [6, 6.07) is 0. The molecule has 3 fully saturated rings. The predicted molar refractivity (Wildman–Crippen MR) is 97.9 cm³/mol. The van der Waals surface area contributed by atoms with Gasteiger partial charge in [0.25, 0.3) is 0 Å². The highest BCUT2D eigenvalue weighted by Gasteiger charge is 2.25. The number of hydrogen-bond acceptors (Lipinski definition) is 4. The number of likely N-dealkylation sites (tertiary alicyclic amines) is 2. The van der Waals surface area contributed by atoms with Crippen LogP contribution in [-0.2, 0) is 0 Å². The Balaban J connectivity index is 1.31. The molecule has 0 N–H and O–H groups in total. The molecule has 0 unspecified atom stereocenters. The molecule has 0 aromatic heterocycles. The first-order chi connectivity index (χ1) is 11.2. The van der Waals surface area contributed by atoms with Crippen LogP contribution >= 0.6 is 0 Å². The van der Waals surface area contributed by atoms with Gasteiger partial charge in [0.2, 0.25) is 0 Å². The van der Waals surface area contributed by atoms with Crippen molar-refractivity contribution >= 4 is 0 Å². The zero-order chi connectivity index (χ0) is 16.1. The molecule has 23 heavy (non-hydrogen) atoms.